The fourth-order valence-electron chi connectivity index (χ4n) is 1.75. The molecule has 5 nitrogen and oxygen atoms in total. The Labute approximate surface area is 111 Å². The highest BCUT2D eigenvalue weighted by atomic mass is 16.5. The number of aliphatic hydroxyl groups excluding tert-OH is 1. The Morgan fingerprint density at radius 3 is 2.61 bits per heavy atom. The molecule has 0 saturated carbocycles. The van der Waals surface area contributed by atoms with Crippen molar-refractivity contribution in [3.8, 4) is 0 Å². The van der Waals surface area contributed by atoms with Crippen LogP contribution in [0.25, 0.3) is 0 Å². The largest absolute Gasteiger partial charge is 0.396 e. The Balaban J connectivity index is 4.15. The molecule has 1 unspecified atom stereocenters. The van der Waals surface area contributed by atoms with Crippen LogP contribution in [0.4, 0.5) is 0 Å². The number of ether oxygens (including phenoxy) is 1. The SMILES string of the molecule is CCCC(CCO)CN=C(NCC)NCCOC. The standard InChI is InChI=1S/C13H29N3O2/c1-4-6-12(7-9-17)11-16-13(14-5-2)15-8-10-18-3/h12,17H,4-11H2,1-3H3,(H2,14,15,16). The zero-order chi connectivity index (χ0) is 13.6. The van der Waals surface area contributed by atoms with Gasteiger partial charge in [0.2, 0.25) is 0 Å². The van der Waals surface area contributed by atoms with E-state index in [1.165, 1.54) is 0 Å². The first-order valence-corrected chi connectivity index (χ1v) is 6.90. The molecule has 1 atom stereocenters. The molecule has 0 fully saturated rings. The first-order chi connectivity index (χ1) is 8.78. The zero-order valence-electron chi connectivity index (χ0n) is 12.0. The molecule has 0 aromatic carbocycles. The van der Waals surface area contributed by atoms with Gasteiger partial charge in [0, 0.05) is 33.4 Å². The summed E-state index contributed by atoms with van der Waals surface area (Å²) in [5.74, 6) is 1.30. The topological polar surface area (TPSA) is 65.9 Å². The lowest BCUT2D eigenvalue weighted by molar-refractivity contribution is 0.203. The smallest absolute Gasteiger partial charge is 0.191 e. The molecule has 0 rings (SSSR count). The second-order valence-electron chi connectivity index (χ2n) is 4.31. The number of rotatable bonds is 10. The van der Waals surface area contributed by atoms with Gasteiger partial charge in [-0.3, -0.25) is 4.99 Å². The van der Waals surface area contributed by atoms with Crippen molar-refractivity contribution in [1.29, 1.82) is 0 Å². The number of hydrogen-bond acceptors (Lipinski definition) is 3. The van der Waals surface area contributed by atoms with Crippen molar-refractivity contribution in [2.75, 3.05) is 40.0 Å². The van der Waals surface area contributed by atoms with Crippen LogP contribution in [-0.4, -0.2) is 51.0 Å². The molecule has 18 heavy (non-hydrogen) atoms. The predicted octanol–water partition coefficient (Wildman–Crippen LogP) is 0.987. The molecule has 0 saturated heterocycles. The highest BCUT2D eigenvalue weighted by Gasteiger charge is 2.07. The third kappa shape index (κ3) is 9.24. The Bertz CT molecular complexity index is 204. The molecule has 0 aromatic rings. The second kappa shape index (κ2) is 12.6. The number of nitrogens with one attached hydrogen (secondary N) is 2. The molecular weight excluding hydrogens is 230 g/mol. The van der Waals surface area contributed by atoms with Crippen molar-refractivity contribution in [2.24, 2.45) is 10.9 Å². The van der Waals surface area contributed by atoms with Gasteiger partial charge in [-0.25, -0.2) is 0 Å². The van der Waals surface area contributed by atoms with Gasteiger partial charge in [0.25, 0.3) is 0 Å². The summed E-state index contributed by atoms with van der Waals surface area (Å²) in [4.78, 5) is 4.55. The van der Waals surface area contributed by atoms with E-state index in [-0.39, 0.29) is 6.61 Å². The van der Waals surface area contributed by atoms with Gasteiger partial charge in [0.05, 0.1) is 6.61 Å². The fraction of sp³-hybridized carbons (Fsp3) is 0.923. The van der Waals surface area contributed by atoms with Crippen LogP contribution in [0.15, 0.2) is 4.99 Å². The van der Waals surface area contributed by atoms with Gasteiger partial charge in [-0.05, 0) is 25.7 Å². The first kappa shape index (κ1) is 17.2. The summed E-state index contributed by atoms with van der Waals surface area (Å²) in [7, 11) is 1.68. The second-order valence-corrected chi connectivity index (χ2v) is 4.31. The Kier molecular flexibility index (Phi) is 12.1. The molecule has 3 N–H and O–H groups in total. The van der Waals surface area contributed by atoms with Crippen LogP contribution in [0, 0.1) is 5.92 Å². The average molecular weight is 259 g/mol. The number of hydrogen-bond donors (Lipinski definition) is 3. The lowest BCUT2D eigenvalue weighted by Crippen LogP contribution is -2.39. The third-order valence-electron chi connectivity index (χ3n) is 2.68. The minimum absolute atomic E-state index is 0.244. The van der Waals surface area contributed by atoms with E-state index in [2.05, 4.69) is 22.5 Å². The van der Waals surface area contributed by atoms with Crippen molar-refractivity contribution in [2.45, 2.75) is 33.1 Å². The molecule has 5 heteroatoms. The normalized spacial score (nSPS) is 13.4. The number of nitrogens with zero attached hydrogens (tertiary/aromatic N) is 1. The molecule has 108 valence electrons. The molecule has 0 amide bonds. The van der Waals surface area contributed by atoms with Gasteiger partial charge in [-0.2, -0.15) is 0 Å². The van der Waals surface area contributed by atoms with Crippen LogP contribution in [0.1, 0.15) is 33.1 Å². The molecule has 0 aliphatic rings. The zero-order valence-corrected chi connectivity index (χ0v) is 12.0. The number of aliphatic hydroxyl groups is 1. The summed E-state index contributed by atoms with van der Waals surface area (Å²) < 4.78 is 4.99. The summed E-state index contributed by atoms with van der Waals surface area (Å²) in [5, 5.41) is 15.4. The van der Waals surface area contributed by atoms with Gasteiger partial charge in [0.15, 0.2) is 5.96 Å². The van der Waals surface area contributed by atoms with E-state index in [4.69, 9.17) is 9.84 Å². The minimum Gasteiger partial charge on any atom is -0.396 e. The lowest BCUT2D eigenvalue weighted by Gasteiger charge is -2.15. The van der Waals surface area contributed by atoms with Crippen LogP contribution in [0.5, 0.6) is 0 Å². The van der Waals surface area contributed by atoms with Crippen molar-refractivity contribution < 1.29 is 9.84 Å². The molecule has 0 aliphatic heterocycles. The van der Waals surface area contributed by atoms with Crippen LogP contribution >= 0.6 is 0 Å². The molecule has 0 aliphatic carbocycles. The highest BCUT2D eigenvalue weighted by molar-refractivity contribution is 5.79. The Morgan fingerprint density at radius 1 is 1.28 bits per heavy atom. The van der Waals surface area contributed by atoms with Crippen LogP contribution < -0.4 is 10.6 Å². The Morgan fingerprint density at radius 2 is 2.06 bits per heavy atom. The summed E-state index contributed by atoms with van der Waals surface area (Å²) in [6.45, 7) is 7.48. The summed E-state index contributed by atoms with van der Waals surface area (Å²) in [6.07, 6.45) is 3.07. The predicted molar refractivity (Wildman–Crippen MR) is 76.0 cm³/mol. The van der Waals surface area contributed by atoms with Gasteiger partial charge < -0.3 is 20.5 Å². The van der Waals surface area contributed by atoms with Crippen molar-refractivity contribution in [3.63, 3.8) is 0 Å². The molecule has 0 aromatic heterocycles. The fourth-order valence-corrected chi connectivity index (χ4v) is 1.75. The van der Waals surface area contributed by atoms with E-state index in [1.54, 1.807) is 7.11 Å². The van der Waals surface area contributed by atoms with E-state index < -0.39 is 0 Å². The lowest BCUT2D eigenvalue weighted by atomic mass is 10.0. The van der Waals surface area contributed by atoms with Gasteiger partial charge in [-0.1, -0.05) is 13.3 Å². The number of methoxy groups -OCH3 is 1. The quantitative estimate of drug-likeness (QED) is 0.311. The van der Waals surface area contributed by atoms with Gasteiger partial charge in [-0.15, -0.1) is 0 Å². The van der Waals surface area contributed by atoms with E-state index in [0.717, 1.165) is 44.9 Å². The molecule has 0 heterocycles. The number of aliphatic imine (C=N–C) groups is 1. The first-order valence-electron chi connectivity index (χ1n) is 6.90. The highest BCUT2D eigenvalue weighted by Crippen LogP contribution is 2.10. The van der Waals surface area contributed by atoms with Gasteiger partial charge in [0.1, 0.15) is 0 Å². The van der Waals surface area contributed by atoms with E-state index in [1.807, 2.05) is 6.92 Å². The maximum Gasteiger partial charge on any atom is 0.191 e. The van der Waals surface area contributed by atoms with E-state index in [9.17, 15) is 0 Å². The van der Waals surface area contributed by atoms with Crippen molar-refractivity contribution >= 4 is 5.96 Å². The van der Waals surface area contributed by atoms with Gasteiger partial charge >= 0.3 is 0 Å². The maximum absolute atomic E-state index is 9.01. The molecule has 0 radical (unpaired) electrons. The summed E-state index contributed by atoms with van der Waals surface area (Å²) in [5.41, 5.74) is 0. The summed E-state index contributed by atoms with van der Waals surface area (Å²) in [6, 6.07) is 0. The van der Waals surface area contributed by atoms with Crippen molar-refractivity contribution in [3.05, 3.63) is 0 Å². The maximum atomic E-state index is 9.01. The molecule has 0 spiro atoms. The van der Waals surface area contributed by atoms with Crippen LogP contribution in [0.2, 0.25) is 0 Å². The monoisotopic (exact) mass is 259 g/mol. The minimum atomic E-state index is 0.244. The van der Waals surface area contributed by atoms with E-state index >= 15 is 0 Å². The summed E-state index contributed by atoms with van der Waals surface area (Å²) >= 11 is 0. The molecular formula is C13H29N3O2. The third-order valence-corrected chi connectivity index (χ3v) is 2.68. The van der Waals surface area contributed by atoms with Crippen molar-refractivity contribution in [1.82, 2.24) is 10.6 Å². The van der Waals surface area contributed by atoms with E-state index in [0.29, 0.717) is 12.5 Å². The Hall–Kier alpha value is -0.810. The van der Waals surface area contributed by atoms with Crippen LogP contribution in [0.3, 0.4) is 0 Å². The van der Waals surface area contributed by atoms with Crippen LogP contribution in [-0.2, 0) is 4.74 Å². The molecule has 0 bridgehead atoms. The number of guanidine groups is 1. The average Bonchev–Trinajstić information content (AvgIpc) is 2.36.